The first-order chi connectivity index (χ1) is 14.2. The highest BCUT2D eigenvalue weighted by molar-refractivity contribution is 6.35. The topological polar surface area (TPSA) is 58.6 Å². The van der Waals surface area contributed by atoms with Crippen molar-refractivity contribution in [1.29, 1.82) is 0 Å². The molecule has 5 nitrogen and oxygen atoms in total. The summed E-state index contributed by atoms with van der Waals surface area (Å²) in [5.41, 5.74) is 2.06. The highest BCUT2D eigenvalue weighted by Crippen LogP contribution is 2.27. The van der Waals surface area contributed by atoms with Crippen molar-refractivity contribution in [2.45, 2.75) is 40.3 Å². The SMILES string of the molecule is Cc1ccc(CN(C(=O)COc2ccc(Cl)cc2Cl)[C@H](C)C(=O)NCC(C)C)cc1. The minimum Gasteiger partial charge on any atom is -0.482 e. The van der Waals surface area contributed by atoms with E-state index in [9.17, 15) is 9.59 Å². The van der Waals surface area contributed by atoms with Crippen LogP contribution in [0.5, 0.6) is 5.75 Å². The number of aryl methyl sites for hydroxylation is 1. The van der Waals surface area contributed by atoms with E-state index in [0.29, 0.717) is 34.8 Å². The molecular weight excluding hydrogens is 423 g/mol. The normalized spacial score (nSPS) is 11.8. The van der Waals surface area contributed by atoms with E-state index in [1.54, 1.807) is 25.1 Å². The predicted octanol–water partition coefficient (Wildman–Crippen LogP) is 4.87. The number of benzene rings is 2. The molecule has 0 spiro atoms. The molecule has 162 valence electrons. The molecule has 0 saturated carbocycles. The zero-order chi connectivity index (χ0) is 22.3. The van der Waals surface area contributed by atoms with Crippen LogP contribution in [-0.4, -0.2) is 35.9 Å². The number of nitrogens with one attached hydrogen (secondary N) is 1. The summed E-state index contributed by atoms with van der Waals surface area (Å²) in [5, 5.41) is 3.70. The first kappa shape index (κ1) is 24.0. The molecule has 0 saturated heterocycles. The van der Waals surface area contributed by atoms with Gasteiger partial charge >= 0.3 is 0 Å². The van der Waals surface area contributed by atoms with Gasteiger partial charge in [0.25, 0.3) is 5.91 Å². The number of carbonyl (C=O) groups excluding carboxylic acids is 2. The Kier molecular flexibility index (Phi) is 9.00. The second-order valence-electron chi connectivity index (χ2n) is 7.69. The van der Waals surface area contributed by atoms with Crippen LogP contribution < -0.4 is 10.1 Å². The third-order valence-electron chi connectivity index (χ3n) is 4.57. The van der Waals surface area contributed by atoms with Crippen LogP contribution in [0.3, 0.4) is 0 Å². The first-order valence-electron chi connectivity index (χ1n) is 9.88. The Morgan fingerprint density at radius 1 is 1.07 bits per heavy atom. The fraction of sp³-hybridized carbons (Fsp3) is 0.391. The standard InChI is InChI=1S/C23H28Cl2N2O3/c1-15(2)12-26-23(29)17(4)27(13-18-7-5-16(3)6-8-18)22(28)14-30-21-10-9-19(24)11-20(21)25/h5-11,15,17H,12-14H2,1-4H3,(H,26,29)/t17-/m1/s1. The van der Waals surface area contributed by atoms with Gasteiger partial charge in [0.15, 0.2) is 6.61 Å². The summed E-state index contributed by atoms with van der Waals surface area (Å²) in [7, 11) is 0. The van der Waals surface area contributed by atoms with Gasteiger partial charge in [-0.3, -0.25) is 9.59 Å². The van der Waals surface area contributed by atoms with Crippen molar-refractivity contribution in [3.8, 4) is 5.75 Å². The van der Waals surface area contributed by atoms with Gasteiger partial charge in [-0.2, -0.15) is 0 Å². The van der Waals surface area contributed by atoms with Crippen LogP contribution in [0.1, 0.15) is 31.9 Å². The molecule has 0 aliphatic carbocycles. The van der Waals surface area contributed by atoms with Gasteiger partial charge in [-0.05, 0) is 43.5 Å². The minimum atomic E-state index is -0.651. The summed E-state index contributed by atoms with van der Waals surface area (Å²) in [6.07, 6.45) is 0. The molecule has 2 aromatic carbocycles. The van der Waals surface area contributed by atoms with E-state index in [2.05, 4.69) is 5.32 Å². The van der Waals surface area contributed by atoms with Crippen LogP contribution in [0.2, 0.25) is 10.0 Å². The molecule has 0 fully saturated rings. The Morgan fingerprint density at radius 2 is 1.73 bits per heavy atom. The monoisotopic (exact) mass is 450 g/mol. The van der Waals surface area contributed by atoms with Gasteiger partial charge < -0.3 is 15.0 Å². The molecule has 2 rings (SSSR count). The number of halogens is 2. The molecule has 1 atom stereocenters. The average Bonchev–Trinajstić information content (AvgIpc) is 2.70. The molecule has 0 radical (unpaired) electrons. The lowest BCUT2D eigenvalue weighted by Crippen LogP contribution is -2.49. The number of ether oxygens (including phenoxy) is 1. The van der Waals surface area contributed by atoms with Gasteiger partial charge in [-0.25, -0.2) is 0 Å². The number of hydrogen-bond donors (Lipinski definition) is 1. The molecular formula is C23H28Cl2N2O3. The Labute approximate surface area is 188 Å². The molecule has 0 aliphatic heterocycles. The third kappa shape index (κ3) is 7.22. The van der Waals surface area contributed by atoms with Crippen LogP contribution in [-0.2, 0) is 16.1 Å². The lowest BCUT2D eigenvalue weighted by molar-refractivity contribution is -0.142. The number of amides is 2. The van der Waals surface area contributed by atoms with Gasteiger partial charge in [0.2, 0.25) is 5.91 Å². The molecule has 0 aromatic heterocycles. The van der Waals surface area contributed by atoms with Gasteiger partial charge in [-0.1, -0.05) is 66.9 Å². The second-order valence-corrected chi connectivity index (χ2v) is 8.53. The molecule has 0 unspecified atom stereocenters. The average molecular weight is 451 g/mol. The van der Waals surface area contributed by atoms with Gasteiger partial charge in [0.05, 0.1) is 5.02 Å². The maximum Gasteiger partial charge on any atom is 0.261 e. The van der Waals surface area contributed by atoms with E-state index < -0.39 is 6.04 Å². The summed E-state index contributed by atoms with van der Waals surface area (Å²) < 4.78 is 5.61. The highest BCUT2D eigenvalue weighted by Gasteiger charge is 2.26. The number of nitrogens with zero attached hydrogens (tertiary/aromatic N) is 1. The van der Waals surface area contributed by atoms with Crippen LogP contribution in [0.4, 0.5) is 0 Å². The van der Waals surface area contributed by atoms with Crippen molar-refractivity contribution in [2.75, 3.05) is 13.2 Å². The Morgan fingerprint density at radius 3 is 2.33 bits per heavy atom. The fourth-order valence-electron chi connectivity index (χ4n) is 2.74. The molecule has 0 bridgehead atoms. The molecule has 2 amide bonds. The van der Waals surface area contributed by atoms with Crippen LogP contribution in [0, 0.1) is 12.8 Å². The van der Waals surface area contributed by atoms with Crippen molar-refractivity contribution in [2.24, 2.45) is 5.92 Å². The first-order valence-corrected chi connectivity index (χ1v) is 10.6. The van der Waals surface area contributed by atoms with E-state index in [-0.39, 0.29) is 18.4 Å². The van der Waals surface area contributed by atoms with Crippen LogP contribution in [0.15, 0.2) is 42.5 Å². The quantitative estimate of drug-likeness (QED) is 0.592. The molecule has 1 N–H and O–H groups in total. The van der Waals surface area contributed by atoms with Crippen LogP contribution in [0.25, 0.3) is 0 Å². The minimum absolute atomic E-state index is 0.200. The maximum atomic E-state index is 13.0. The predicted molar refractivity (Wildman–Crippen MR) is 121 cm³/mol. The van der Waals surface area contributed by atoms with Gasteiger partial charge in [-0.15, -0.1) is 0 Å². The molecule has 2 aromatic rings. The second kappa shape index (κ2) is 11.2. The van der Waals surface area contributed by atoms with E-state index >= 15 is 0 Å². The molecule has 0 heterocycles. The van der Waals surface area contributed by atoms with Gasteiger partial charge in [0.1, 0.15) is 11.8 Å². The lowest BCUT2D eigenvalue weighted by Gasteiger charge is -2.29. The largest absolute Gasteiger partial charge is 0.482 e. The lowest BCUT2D eigenvalue weighted by atomic mass is 10.1. The van der Waals surface area contributed by atoms with E-state index in [0.717, 1.165) is 11.1 Å². The fourth-order valence-corrected chi connectivity index (χ4v) is 3.20. The summed E-state index contributed by atoms with van der Waals surface area (Å²) in [6.45, 7) is 8.36. The Hall–Kier alpha value is -2.24. The van der Waals surface area contributed by atoms with Crippen molar-refractivity contribution < 1.29 is 14.3 Å². The summed E-state index contributed by atoms with van der Waals surface area (Å²) in [6, 6.07) is 12.0. The third-order valence-corrected chi connectivity index (χ3v) is 5.10. The Balaban J connectivity index is 2.14. The number of rotatable bonds is 9. The maximum absolute atomic E-state index is 13.0. The smallest absolute Gasteiger partial charge is 0.261 e. The van der Waals surface area contributed by atoms with Crippen molar-refractivity contribution >= 4 is 35.0 Å². The van der Waals surface area contributed by atoms with Gasteiger partial charge in [0, 0.05) is 18.1 Å². The van der Waals surface area contributed by atoms with E-state index in [4.69, 9.17) is 27.9 Å². The van der Waals surface area contributed by atoms with E-state index in [1.807, 2.05) is 45.0 Å². The van der Waals surface area contributed by atoms with Crippen molar-refractivity contribution in [3.63, 3.8) is 0 Å². The highest BCUT2D eigenvalue weighted by atomic mass is 35.5. The van der Waals surface area contributed by atoms with Crippen molar-refractivity contribution in [3.05, 3.63) is 63.6 Å². The van der Waals surface area contributed by atoms with Crippen molar-refractivity contribution in [1.82, 2.24) is 10.2 Å². The molecule has 30 heavy (non-hydrogen) atoms. The summed E-state index contributed by atoms with van der Waals surface area (Å²) >= 11 is 12.0. The molecule has 0 aliphatic rings. The number of hydrogen-bond acceptors (Lipinski definition) is 3. The van der Waals surface area contributed by atoms with E-state index in [1.165, 1.54) is 4.90 Å². The molecule has 7 heteroatoms. The summed E-state index contributed by atoms with van der Waals surface area (Å²) in [5.74, 6) is 0.168. The zero-order valence-corrected chi connectivity index (χ0v) is 19.3. The Bertz CT molecular complexity index is 869. The van der Waals surface area contributed by atoms with Crippen LogP contribution >= 0.6 is 23.2 Å². The zero-order valence-electron chi connectivity index (χ0n) is 17.7. The summed E-state index contributed by atoms with van der Waals surface area (Å²) in [4.78, 5) is 27.1. The number of carbonyl (C=O) groups is 2.